The second kappa shape index (κ2) is 4.00. The molecule has 0 amide bonds. The molecule has 2 aliphatic rings. The Morgan fingerprint density at radius 1 is 1.29 bits per heavy atom. The monoisotopic (exact) mass is 233 g/mol. The van der Waals surface area contributed by atoms with Crippen LogP contribution in [0.5, 0.6) is 5.75 Å². The number of nitrogens with zero attached hydrogens (tertiary/aromatic N) is 1. The summed E-state index contributed by atoms with van der Waals surface area (Å²) in [6.07, 6.45) is 2.38. The van der Waals surface area contributed by atoms with Crippen LogP contribution in [0.4, 0.5) is 0 Å². The van der Waals surface area contributed by atoms with E-state index in [-0.39, 0.29) is 11.7 Å². The number of rotatable bonds is 0. The smallest absolute Gasteiger partial charge is 0.125 e. The van der Waals surface area contributed by atoms with Gasteiger partial charge < -0.3 is 14.7 Å². The summed E-state index contributed by atoms with van der Waals surface area (Å²) in [7, 11) is 2.14. The van der Waals surface area contributed by atoms with Gasteiger partial charge in [-0.1, -0.05) is 18.2 Å². The molecule has 1 N–H and O–H groups in total. The van der Waals surface area contributed by atoms with Crippen LogP contribution in [0.25, 0.3) is 0 Å². The zero-order chi connectivity index (χ0) is 11.9. The summed E-state index contributed by atoms with van der Waals surface area (Å²) in [5.41, 5.74) is 0.803. The highest BCUT2D eigenvalue weighted by Crippen LogP contribution is 2.43. The highest BCUT2D eigenvalue weighted by molar-refractivity contribution is 5.38. The number of fused-ring (bicyclic) bond motifs is 1. The van der Waals surface area contributed by atoms with Crippen LogP contribution in [0.1, 0.15) is 30.9 Å². The van der Waals surface area contributed by atoms with Crippen molar-refractivity contribution in [2.75, 3.05) is 20.1 Å². The maximum atomic E-state index is 10.3. The van der Waals surface area contributed by atoms with E-state index in [0.29, 0.717) is 0 Å². The van der Waals surface area contributed by atoms with Crippen molar-refractivity contribution < 1.29 is 9.84 Å². The van der Waals surface area contributed by atoms with Gasteiger partial charge in [0.25, 0.3) is 0 Å². The first-order valence-corrected chi connectivity index (χ1v) is 6.33. The minimum absolute atomic E-state index is 0.139. The first kappa shape index (κ1) is 11.1. The topological polar surface area (TPSA) is 32.7 Å². The fourth-order valence-corrected chi connectivity index (χ4v) is 2.92. The molecule has 1 fully saturated rings. The summed E-state index contributed by atoms with van der Waals surface area (Å²) in [4.78, 5) is 2.32. The second-order valence-corrected chi connectivity index (χ2v) is 5.35. The van der Waals surface area contributed by atoms with E-state index in [1.54, 1.807) is 0 Å². The van der Waals surface area contributed by atoms with Gasteiger partial charge in [0, 0.05) is 25.1 Å². The molecule has 2 aliphatic heterocycles. The number of aliphatic hydroxyl groups is 1. The van der Waals surface area contributed by atoms with Gasteiger partial charge in [-0.2, -0.15) is 0 Å². The lowest BCUT2D eigenvalue weighted by Crippen LogP contribution is -2.49. The molecule has 17 heavy (non-hydrogen) atoms. The van der Waals surface area contributed by atoms with Crippen LogP contribution in [0.2, 0.25) is 0 Å². The Kier molecular flexibility index (Phi) is 2.60. The van der Waals surface area contributed by atoms with Gasteiger partial charge in [0.05, 0.1) is 6.10 Å². The largest absolute Gasteiger partial charge is 0.487 e. The van der Waals surface area contributed by atoms with Crippen molar-refractivity contribution in [2.45, 2.75) is 31.0 Å². The third kappa shape index (κ3) is 1.94. The average molecular weight is 233 g/mol. The van der Waals surface area contributed by atoms with E-state index in [1.165, 1.54) is 0 Å². The molecule has 3 heteroatoms. The van der Waals surface area contributed by atoms with E-state index in [4.69, 9.17) is 4.74 Å². The highest BCUT2D eigenvalue weighted by atomic mass is 16.5. The fourth-order valence-electron chi connectivity index (χ4n) is 2.92. The molecule has 1 saturated heterocycles. The van der Waals surface area contributed by atoms with Crippen molar-refractivity contribution in [1.82, 2.24) is 4.90 Å². The molecule has 0 bridgehead atoms. The lowest BCUT2D eigenvalue weighted by Gasteiger charge is -2.45. The van der Waals surface area contributed by atoms with E-state index in [2.05, 4.69) is 11.9 Å². The highest BCUT2D eigenvalue weighted by Gasteiger charge is 2.42. The lowest BCUT2D eigenvalue weighted by molar-refractivity contribution is -0.0503. The molecule has 2 heterocycles. The summed E-state index contributed by atoms with van der Waals surface area (Å²) in [6.45, 7) is 2.10. The van der Waals surface area contributed by atoms with E-state index in [0.717, 1.165) is 43.7 Å². The summed E-state index contributed by atoms with van der Waals surface area (Å²) >= 11 is 0. The van der Waals surface area contributed by atoms with Gasteiger partial charge in [0.1, 0.15) is 11.4 Å². The van der Waals surface area contributed by atoms with Gasteiger partial charge in [-0.3, -0.25) is 0 Å². The van der Waals surface area contributed by atoms with E-state index < -0.39 is 0 Å². The molecule has 0 unspecified atom stereocenters. The van der Waals surface area contributed by atoms with Crippen molar-refractivity contribution in [1.29, 1.82) is 0 Å². The van der Waals surface area contributed by atoms with Crippen LogP contribution in [0, 0.1) is 0 Å². The zero-order valence-corrected chi connectivity index (χ0v) is 10.2. The predicted molar refractivity (Wildman–Crippen MR) is 66.1 cm³/mol. The number of hydrogen-bond acceptors (Lipinski definition) is 3. The van der Waals surface area contributed by atoms with Crippen molar-refractivity contribution in [2.24, 2.45) is 0 Å². The molecule has 1 aromatic rings. The van der Waals surface area contributed by atoms with Crippen molar-refractivity contribution in [3.05, 3.63) is 29.8 Å². The summed E-state index contributed by atoms with van der Waals surface area (Å²) in [6, 6.07) is 7.86. The molecule has 3 rings (SSSR count). The van der Waals surface area contributed by atoms with E-state index in [1.807, 2.05) is 24.3 Å². The lowest BCUT2D eigenvalue weighted by atomic mass is 9.82. The number of piperidine rings is 1. The molecule has 1 atom stereocenters. The van der Waals surface area contributed by atoms with Gasteiger partial charge in [-0.15, -0.1) is 0 Å². The Morgan fingerprint density at radius 2 is 2.00 bits per heavy atom. The Balaban J connectivity index is 1.88. The van der Waals surface area contributed by atoms with Gasteiger partial charge >= 0.3 is 0 Å². The molecular weight excluding hydrogens is 214 g/mol. The van der Waals surface area contributed by atoms with Gasteiger partial charge in [-0.05, 0) is 26.0 Å². The number of aliphatic hydroxyl groups excluding tert-OH is 1. The molecular formula is C14H19NO2. The molecule has 92 valence electrons. The van der Waals surface area contributed by atoms with Crippen LogP contribution >= 0.6 is 0 Å². The number of benzene rings is 1. The third-order valence-electron chi connectivity index (χ3n) is 4.07. The number of ether oxygens (including phenoxy) is 1. The van der Waals surface area contributed by atoms with Gasteiger partial charge in [-0.25, -0.2) is 0 Å². The summed E-state index contributed by atoms with van der Waals surface area (Å²) in [5, 5.41) is 10.3. The van der Waals surface area contributed by atoms with Crippen LogP contribution in [-0.4, -0.2) is 35.7 Å². The zero-order valence-electron chi connectivity index (χ0n) is 10.2. The Labute approximate surface area is 102 Å². The first-order chi connectivity index (χ1) is 8.19. The number of para-hydroxylation sites is 1. The normalized spacial score (nSPS) is 27.5. The Morgan fingerprint density at radius 3 is 2.76 bits per heavy atom. The van der Waals surface area contributed by atoms with Crippen LogP contribution < -0.4 is 4.74 Å². The van der Waals surface area contributed by atoms with E-state index in [9.17, 15) is 5.11 Å². The maximum Gasteiger partial charge on any atom is 0.125 e. The number of likely N-dealkylation sites (tertiary alicyclic amines) is 1. The molecule has 0 radical (unpaired) electrons. The van der Waals surface area contributed by atoms with Gasteiger partial charge in [0.15, 0.2) is 0 Å². The first-order valence-electron chi connectivity index (χ1n) is 6.33. The number of hydrogen-bond donors (Lipinski definition) is 1. The second-order valence-electron chi connectivity index (χ2n) is 5.35. The minimum atomic E-state index is -0.372. The quantitative estimate of drug-likeness (QED) is 0.743. The van der Waals surface area contributed by atoms with Crippen molar-refractivity contribution in [3.8, 4) is 5.75 Å². The summed E-state index contributed by atoms with van der Waals surface area (Å²) < 4.78 is 6.19. The Hall–Kier alpha value is -1.06. The Bertz CT molecular complexity index is 410. The van der Waals surface area contributed by atoms with Crippen molar-refractivity contribution >= 4 is 0 Å². The molecule has 0 aliphatic carbocycles. The maximum absolute atomic E-state index is 10.3. The summed E-state index contributed by atoms with van der Waals surface area (Å²) in [5.74, 6) is 0.871. The molecule has 1 spiro atoms. The predicted octanol–water partition coefficient (Wildman–Crippen LogP) is 1.97. The average Bonchev–Trinajstić information content (AvgIpc) is 2.34. The van der Waals surface area contributed by atoms with E-state index >= 15 is 0 Å². The molecule has 0 saturated carbocycles. The van der Waals surface area contributed by atoms with Crippen molar-refractivity contribution in [3.63, 3.8) is 0 Å². The van der Waals surface area contributed by atoms with Crippen LogP contribution in [0.15, 0.2) is 24.3 Å². The standard InChI is InChI=1S/C14H19NO2/c1-15-8-6-14(7-9-15)10-12(16)11-4-2-3-5-13(11)17-14/h2-5,12,16H,6-10H2,1H3/t12-/m0/s1. The van der Waals surface area contributed by atoms with Gasteiger partial charge in [0.2, 0.25) is 0 Å². The minimum Gasteiger partial charge on any atom is -0.487 e. The van der Waals surface area contributed by atoms with Crippen LogP contribution in [0.3, 0.4) is 0 Å². The fraction of sp³-hybridized carbons (Fsp3) is 0.571. The molecule has 1 aromatic carbocycles. The SMILES string of the molecule is CN1CCC2(CC1)C[C@H](O)c1ccccc1O2. The molecule has 0 aromatic heterocycles. The molecule has 3 nitrogen and oxygen atoms in total. The third-order valence-corrected chi connectivity index (χ3v) is 4.07. The van der Waals surface area contributed by atoms with Crippen LogP contribution in [-0.2, 0) is 0 Å².